The highest BCUT2D eigenvalue weighted by atomic mass is 16.5. The van der Waals surface area contributed by atoms with Crippen LogP contribution in [0.5, 0.6) is 0 Å². The van der Waals surface area contributed by atoms with Crippen molar-refractivity contribution in [1.29, 1.82) is 0 Å². The molecule has 0 saturated carbocycles. The highest BCUT2D eigenvalue weighted by molar-refractivity contribution is 5.89. The van der Waals surface area contributed by atoms with E-state index in [9.17, 15) is 4.79 Å². The van der Waals surface area contributed by atoms with Gasteiger partial charge in [-0.15, -0.1) is 0 Å². The molecule has 0 spiro atoms. The maximum atomic E-state index is 11.8. The van der Waals surface area contributed by atoms with Crippen molar-refractivity contribution in [2.45, 2.75) is 32.2 Å². The van der Waals surface area contributed by atoms with Crippen LogP contribution in [0.3, 0.4) is 0 Å². The first kappa shape index (κ1) is 19.3. The molecule has 1 fully saturated rings. The number of hydrogen-bond acceptors (Lipinski definition) is 5. The zero-order valence-corrected chi connectivity index (χ0v) is 16.9. The molecule has 150 valence electrons. The van der Waals surface area contributed by atoms with Gasteiger partial charge in [0.25, 0.3) is 0 Å². The SMILES string of the molecule is COC(=O)c1[nH]cc(CN2CCC(c3nccc(-c4ccccc4)n3)CC2)c1C. The summed E-state index contributed by atoms with van der Waals surface area (Å²) in [5.74, 6) is 1.01. The molecule has 1 saturated heterocycles. The van der Waals surface area contributed by atoms with Crippen LogP contribution >= 0.6 is 0 Å². The summed E-state index contributed by atoms with van der Waals surface area (Å²) >= 11 is 0. The Kier molecular flexibility index (Phi) is 5.71. The lowest BCUT2D eigenvalue weighted by Gasteiger charge is -2.31. The molecule has 1 aliphatic heterocycles. The number of rotatable bonds is 5. The van der Waals surface area contributed by atoms with E-state index in [2.05, 4.69) is 27.0 Å². The summed E-state index contributed by atoms with van der Waals surface area (Å²) in [6.45, 7) is 4.77. The smallest absolute Gasteiger partial charge is 0.354 e. The lowest BCUT2D eigenvalue weighted by Crippen LogP contribution is -2.33. The van der Waals surface area contributed by atoms with Gasteiger partial charge in [0, 0.05) is 30.4 Å². The topological polar surface area (TPSA) is 71.1 Å². The summed E-state index contributed by atoms with van der Waals surface area (Å²) in [5.41, 5.74) is 4.77. The molecule has 3 aromatic rings. The lowest BCUT2D eigenvalue weighted by molar-refractivity contribution is 0.0594. The number of nitrogens with one attached hydrogen (secondary N) is 1. The number of esters is 1. The van der Waals surface area contributed by atoms with Crippen LogP contribution < -0.4 is 0 Å². The number of methoxy groups -OCH3 is 1. The molecule has 0 atom stereocenters. The molecule has 2 aromatic heterocycles. The maximum absolute atomic E-state index is 11.8. The number of carbonyl (C=O) groups excluding carboxylic acids is 1. The van der Waals surface area contributed by atoms with Crippen molar-refractivity contribution in [3.63, 3.8) is 0 Å². The van der Waals surface area contributed by atoms with Crippen molar-refractivity contribution >= 4 is 5.97 Å². The number of likely N-dealkylation sites (tertiary alicyclic amines) is 1. The van der Waals surface area contributed by atoms with Crippen LogP contribution in [0.25, 0.3) is 11.3 Å². The van der Waals surface area contributed by atoms with E-state index in [1.165, 1.54) is 7.11 Å². The van der Waals surface area contributed by atoms with Gasteiger partial charge in [-0.05, 0) is 50.0 Å². The number of nitrogens with zero attached hydrogens (tertiary/aromatic N) is 3. The van der Waals surface area contributed by atoms with E-state index in [4.69, 9.17) is 9.72 Å². The van der Waals surface area contributed by atoms with Crippen LogP contribution in [0.1, 0.15) is 46.2 Å². The summed E-state index contributed by atoms with van der Waals surface area (Å²) in [4.78, 5) is 26.7. The quantitative estimate of drug-likeness (QED) is 0.668. The fourth-order valence-corrected chi connectivity index (χ4v) is 3.95. The Bertz CT molecular complexity index is 976. The van der Waals surface area contributed by atoms with Crippen molar-refractivity contribution in [2.24, 2.45) is 0 Å². The third-order valence-corrected chi connectivity index (χ3v) is 5.73. The van der Waals surface area contributed by atoms with Gasteiger partial charge in [-0.1, -0.05) is 30.3 Å². The average Bonchev–Trinajstić information content (AvgIpc) is 3.14. The van der Waals surface area contributed by atoms with E-state index in [1.807, 2.05) is 43.6 Å². The number of H-pyrrole nitrogens is 1. The van der Waals surface area contributed by atoms with Crippen molar-refractivity contribution in [3.05, 3.63) is 71.4 Å². The Balaban J connectivity index is 1.39. The molecular weight excluding hydrogens is 364 g/mol. The minimum Gasteiger partial charge on any atom is -0.464 e. The number of benzene rings is 1. The van der Waals surface area contributed by atoms with Crippen LogP contribution in [0.15, 0.2) is 48.8 Å². The van der Waals surface area contributed by atoms with Gasteiger partial charge in [0.2, 0.25) is 0 Å². The van der Waals surface area contributed by atoms with Gasteiger partial charge in [-0.3, -0.25) is 4.90 Å². The number of piperidine rings is 1. The largest absolute Gasteiger partial charge is 0.464 e. The molecule has 0 unspecified atom stereocenters. The summed E-state index contributed by atoms with van der Waals surface area (Å²) in [6, 6.07) is 12.2. The Morgan fingerprint density at radius 3 is 2.69 bits per heavy atom. The number of hydrogen-bond donors (Lipinski definition) is 1. The van der Waals surface area contributed by atoms with Gasteiger partial charge in [0.05, 0.1) is 12.8 Å². The van der Waals surface area contributed by atoms with Crippen LogP contribution in [-0.2, 0) is 11.3 Å². The molecule has 1 aliphatic rings. The molecule has 0 radical (unpaired) electrons. The summed E-state index contributed by atoms with van der Waals surface area (Å²) in [6.07, 6.45) is 5.85. The minimum absolute atomic E-state index is 0.317. The van der Waals surface area contributed by atoms with Gasteiger partial charge >= 0.3 is 5.97 Å². The normalized spacial score (nSPS) is 15.4. The van der Waals surface area contributed by atoms with Crippen molar-refractivity contribution < 1.29 is 9.53 Å². The molecule has 4 rings (SSSR count). The molecule has 29 heavy (non-hydrogen) atoms. The van der Waals surface area contributed by atoms with Gasteiger partial charge in [0.1, 0.15) is 11.5 Å². The number of aromatic amines is 1. The standard InChI is InChI=1S/C23H26N4O2/c1-16-19(14-25-21(16)23(28)29-2)15-27-12-9-18(10-13-27)22-24-11-8-20(26-22)17-6-4-3-5-7-17/h3-8,11,14,18,25H,9-10,12-13,15H2,1-2H3. The summed E-state index contributed by atoms with van der Waals surface area (Å²) in [5, 5.41) is 0. The molecular formula is C23H26N4O2. The van der Waals surface area contributed by atoms with Crippen LogP contribution in [0.4, 0.5) is 0 Å². The molecule has 0 amide bonds. The zero-order chi connectivity index (χ0) is 20.2. The van der Waals surface area contributed by atoms with E-state index in [1.54, 1.807) is 0 Å². The molecule has 0 bridgehead atoms. The van der Waals surface area contributed by atoms with Gasteiger partial charge < -0.3 is 9.72 Å². The first-order valence-electron chi connectivity index (χ1n) is 10.0. The van der Waals surface area contributed by atoms with E-state index >= 15 is 0 Å². The Labute approximate surface area is 171 Å². The Hall–Kier alpha value is -2.99. The molecule has 6 nitrogen and oxygen atoms in total. The first-order chi connectivity index (χ1) is 14.2. The fraction of sp³-hybridized carbons (Fsp3) is 0.348. The molecule has 1 N–H and O–H groups in total. The maximum Gasteiger partial charge on any atom is 0.354 e. The lowest BCUT2D eigenvalue weighted by atomic mass is 9.95. The van der Waals surface area contributed by atoms with Crippen LogP contribution in [-0.4, -0.2) is 46.0 Å². The van der Waals surface area contributed by atoms with E-state index in [0.717, 1.165) is 60.7 Å². The highest BCUT2D eigenvalue weighted by Gasteiger charge is 2.24. The molecule has 0 aliphatic carbocycles. The highest BCUT2D eigenvalue weighted by Crippen LogP contribution is 2.28. The van der Waals surface area contributed by atoms with E-state index in [0.29, 0.717) is 11.6 Å². The number of carbonyl (C=O) groups is 1. The fourth-order valence-electron chi connectivity index (χ4n) is 3.95. The average molecular weight is 390 g/mol. The van der Waals surface area contributed by atoms with Gasteiger partial charge in [-0.2, -0.15) is 0 Å². The number of aromatic nitrogens is 3. The zero-order valence-electron chi connectivity index (χ0n) is 16.9. The molecule has 6 heteroatoms. The van der Waals surface area contributed by atoms with E-state index in [-0.39, 0.29) is 5.97 Å². The summed E-state index contributed by atoms with van der Waals surface area (Å²) in [7, 11) is 1.40. The summed E-state index contributed by atoms with van der Waals surface area (Å²) < 4.78 is 4.83. The monoisotopic (exact) mass is 390 g/mol. The molecule has 3 heterocycles. The van der Waals surface area contributed by atoms with E-state index < -0.39 is 0 Å². The van der Waals surface area contributed by atoms with Gasteiger partial charge in [-0.25, -0.2) is 14.8 Å². The Morgan fingerprint density at radius 2 is 1.97 bits per heavy atom. The second-order valence-corrected chi connectivity index (χ2v) is 7.52. The first-order valence-corrected chi connectivity index (χ1v) is 10.0. The third-order valence-electron chi connectivity index (χ3n) is 5.73. The van der Waals surface area contributed by atoms with Gasteiger partial charge in [0.15, 0.2) is 0 Å². The van der Waals surface area contributed by atoms with Crippen LogP contribution in [0.2, 0.25) is 0 Å². The third kappa shape index (κ3) is 4.22. The predicted molar refractivity (Wildman–Crippen MR) is 112 cm³/mol. The van der Waals surface area contributed by atoms with Crippen molar-refractivity contribution in [3.8, 4) is 11.3 Å². The van der Waals surface area contributed by atoms with Crippen molar-refractivity contribution in [1.82, 2.24) is 19.9 Å². The minimum atomic E-state index is -0.317. The van der Waals surface area contributed by atoms with Crippen LogP contribution in [0, 0.1) is 6.92 Å². The molecule has 1 aromatic carbocycles. The second-order valence-electron chi connectivity index (χ2n) is 7.52. The second kappa shape index (κ2) is 8.57. The number of ether oxygens (including phenoxy) is 1. The van der Waals surface area contributed by atoms with Crippen molar-refractivity contribution in [2.75, 3.05) is 20.2 Å². The predicted octanol–water partition coefficient (Wildman–Crippen LogP) is 3.95. The Morgan fingerprint density at radius 1 is 1.21 bits per heavy atom.